The van der Waals surface area contributed by atoms with Crippen molar-refractivity contribution in [3.8, 4) is 0 Å². The minimum absolute atomic E-state index is 0.0298. The summed E-state index contributed by atoms with van der Waals surface area (Å²) < 4.78 is 1.70. The molecule has 0 saturated carbocycles. The van der Waals surface area contributed by atoms with Gasteiger partial charge in [-0.25, -0.2) is 9.97 Å². The van der Waals surface area contributed by atoms with Crippen molar-refractivity contribution >= 4 is 34.4 Å². The molecule has 0 fully saturated rings. The molecular weight excluding hydrogens is 362 g/mol. The fourth-order valence-electron chi connectivity index (χ4n) is 2.65. The molecule has 0 radical (unpaired) electrons. The van der Waals surface area contributed by atoms with E-state index in [1.165, 1.54) is 23.5 Å². The first-order valence-corrected chi connectivity index (χ1v) is 9.67. The zero-order valence-electron chi connectivity index (χ0n) is 14.0. The molecule has 6 heteroatoms. The van der Waals surface area contributed by atoms with E-state index in [0.29, 0.717) is 4.90 Å². The van der Waals surface area contributed by atoms with E-state index in [-0.39, 0.29) is 5.56 Å². The number of benzene rings is 1. The number of fused-ring (bicyclic) bond motifs is 1. The van der Waals surface area contributed by atoms with Crippen molar-refractivity contribution in [1.82, 2.24) is 14.5 Å². The number of para-hydroxylation sites is 1. The molecule has 3 heterocycles. The predicted molar refractivity (Wildman–Crippen MR) is 106 cm³/mol. The SMILES string of the molecule is Cn1c(=O)c(Sc2ccccn2)c(Sc2ccccn2)c2ccccc21. The minimum atomic E-state index is -0.0298. The minimum Gasteiger partial charge on any atom is -0.310 e. The highest BCUT2D eigenvalue weighted by Gasteiger charge is 2.18. The third kappa shape index (κ3) is 3.25. The lowest BCUT2D eigenvalue weighted by atomic mass is 10.2. The van der Waals surface area contributed by atoms with Gasteiger partial charge in [-0.3, -0.25) is 4.79 Å². The third-order valence-electron chi connectivity index (χ3n) is 3.90. The highest BCUT2D eigenvalue weighted by Crippen LogP contribution is 2.39. The molecule has 0 aliphatic carbocycles. The molecule has 0 unspecified atom stereocenters. The van der Waals surface area contributed by atoms with Gasteiger partial charge in [-0.15, -0.1) is 0 Å². The summed E-state index contributed by atoms with van der Waals surface area (Å²) in [5, 5.41) is 2.68. The average molecular weight is 377 g/mol. The average Bonchev–Trinajstić information content (AvgIpc) is 2.70. The molecule has 0 saturated heterocycles. The molecule has 0 atom stereocenters. The summed E-state index contributed by atoms with van der Waals surface area (Å²) in [6.07, 6.45) is 3.50. The van der Waals surface area contributed by atoms with E-state index < -0.39 is 0 Å². The fourth-order valence-corrected chi connectivity index (χ4v) is 4.73. The predicted octanol–water partition coefficient (Wildman–Crippen LogP) is 4.63. The standard InChI is InChI=1S/C20H15N3OS2/c1-23-15-9-3-2-8-14(15)18(25-16-10-4-6-12-21-16)19(20(23)24)26-17-11-5-7-13-22-17/h2-13H,1H3. The van der Waals surface area contributed by atoms with Gasteiger partial charge in [-0.1, -0.05) is 53.9 Å². The molecule has 0 spiro atoms. The lowest BCUT2D eigenvalue weighted by Crippen LogP contribution is -2.20. The summed E-state index contributed by atoms with van der Waals surface area (Å²) >= 11 is 2.91. The highest BCUT2D eigenvalue weighted by atomic mass is 32.2. The normalized spacial score (nSPS) is 11.0. The Balaban J connectivity index is 1.94. The molecule has 128 valence electrons. The maximum absolute atomic E-state index is 13.1. The van der Waals surface area contributed by atoms with Gasteiger partial charge in [-0.05, 0) is 30.3 Å². The van der Waals surface area contributed by atoms with E-state index >= 15 is 0 Å². The second-order valence-corrected chi connectivity index (χ2v) is 7.64. The second kappa shape index (κ2) is 7.35. The Bertz CT molecular complexity index is 1110. The van der Waals surface area contributed by atoms with Crippen LogP contribution in [0.2, 0.25) is 0 Å². The zero-order valence-corrected chi connectivity index (χ0v) is 15.6. The van der Waals surface area contributed by atoms with Crippen molar-refractivity contribution in [2.24, 2.45) is 7.05 Å². The van der Waals surface area contributed by atoms with Crippen LogP contribution in [0.4, 0.5) is 0 Å². The van der Waals surface area contributed by atoms with E-state index in [2.05, 4.69) is 9.97 Å². The maximum atomic E-state index is 13.1. The van der Waals surface area contributed by atoms with Gasteiger partial charge in [0.05, 0.1) is 10.4 Å². The van der Waals surface area contributed by atoms with Crippen LogP contribution in [0.15, 0.2) is 97.7 Å². The largest absolute Gasteiger partial charge is 0.310 e. The van der Waals surface area contributed by atoms with Crippen molar-refractivity contribution in [3.63, 3.8) is 0 Å². The molecule has 0 bridgehead atoms. The first-order chi connectivity index (χ1) is 12.7. The van der Waals surface area contributed by atoms with Crippen LogP contribution in [-0.4, -0.2) is 14.5 Å². The van der Waals surface area contributed by atoms with E-state index in [4.69, 9.17) is 0 Å². The Kier molecular flexibility index (Phi) is 4.77. The van der Waals surface area contributed by atoms with Gasteiger partial charge >= 0.3 is 0 Å². The Morgan fingerprint density at radius 3 is 1.96 bits per heavy atom. The number of aryl methyl sites for hydroxylation is 1. The second-order valence-electron chi connectivity index (χ2n) is 5.58. The summed E-state index contributed by atoms with van der Waals surface area (Å²) in [6, 6.07) is 19.4. The van der Waals surface area contributed by atoms with Crippen molar-refractivity contribution in [3.05, 3.63) is 83.4 Å². The first kappa shape index (κ1) is 16.9. The molecule has 1 aromatic carbocycles. The molecule has 4 nitrogen and oxygen atoms in total. The van der Waals surface area contributed by atoms with E-state index in [0.717, 1.165) is 25.9 Å². The van der Waals surface area contributed by atoms with Crippen LogP contribution in [-0.2, 0) is 7.05 Å². The van der Waals surface area contributed by atoms with Crippen LogP contribution in [0.1, 0.15) is 0 Å². The van der Waals surface area contributed by atoms with Crippen molar-refractivity contribution in [1.29, 1.82) is 0 Å². The molecule has 0 aliphatic heterocycles. The van der Waals surface area contributed by atoms with Crippen molar-refractivity contribution in [2.45, 2.75) is 19.8 Å². The molecule has 0 amide bonds. The summed E-state index contributed by atoms with van der Waals surface area (Å²) in [6.45, 7) is 0. The molecule has 4 aromatic rings. The van der Waals surface area contributed by atoms with Gasteiger partial charge in [0.2, 0.25) is 0 Å². The summed E-state index contributed by atoms with van der Waals surface area (Å²) in [7, 11) is 1.81. The number of aromatic nitrogens is 3. The number of hydrogen-bond donors (Lipinski definition) is 0. The van der Waals surface area contributed by atoms with Gasteiger partial charge in [0, 0.05) is 29.7 Å². The first-order valence-electron chi connectivity index (χ1n) is 8.03. The third-order valence-corrected chi connectivity index (χ3v) is 6.15. The Morgan fingerprint density at radius 2 is 1.35 bits per heavy atom. The zero-order chi connectivity index (χ0) is 17.9. The van der Waals surface area contributed by atoms with Gasteiger partial charge < -0.3 is 4.57 Å². The summed E-state index contributed by atoms with van der Waals surface area (Å²) in [4.78, 5) is 23.4. The number of nitrogens with zero attached hydrogens (tertiary/aromatic N) is 3. The topological polar surface area (TPSA) is 47.8 Å². The van der Waals surface area contributed by atoms with Crippen LogP contribution < -0.4 is 5.56 Å². The van der Waals surface area contributed by atoms with Crippen molar-refractivity contribution < 1.29 is 0 Å². The quantitative estimate of drug-likeness (QED) is 0.519. The summed E-state index contributed by atoms with van der Waals surface area (Å²) in [5.41, 5.74) is 0.874. The van der Waals surface area contributed by atoms with Gasteiger partial charge in [-0.2, -0.15) is 0 Å². The fraction of sp³-hybridized carbons (Fsp3) is 0.0500. The Hall–Kier alpha value is -2.57. The monoisotopic (exact) mass is 377 g/mol. The Morgan fingerprint density at radius 1 is 0.769 bits per heavy atom. The number of hydrogen-bond acceptors (Lipinski definition) is 5. The molecule has 0 N–H and O–H groups in total. The lowest BCUT2D eigenvalue weighted by molar-refractivity contribution is 0.857. The van der Waals surface area contributed by atoms with Gasteiger partial charge in [0.15, 0.2) is 0 Å². The molecule has 4 rings (SSSR count). The molecule has 26 heavy (non-hydrogen) atoms. The Labute approximate surface area is 159 Å². The maximum Gasteiger partial charge on any atom is 0.266 e. The van der Waals surface area contributed by atoms with E-state index in [9.17, 15) is 4.79 Å². The van der Waals surface area contributed by atoms with Crippen LogP contribution >= 0.6 is 23.5 Å². The lowest BCUT2D eigenvalue weighted by Gasteiger charge is -2.14. The van der Waals surface area contributed by atoms with Crippen LogP contribution in [0.25, 0.3) is 10.9 Å². The van der Waals surface area contributed by atoms with E-state index in [1.807, 2.05) is 67.7 Å². The van der Waals surface area contributed by atoms with E-state index in [1.54, 1.807) is 17.0 Å². The molecular formula is C20H15N3OS2. The number of pyridine rings is 3. The molecule has 0 aliphatic rings. The van der Waals surface area contributed by atoms with Crippen LogP contribution in [0.3, 0.4) is 0 Å². The molecule has 3 aromatic heterocycles. The summed E-state index contributed by atoms with van der Waals surface area (Å²) in [5.74, 6) is 0. The number of rotatable bonds is 4. The van der Waals surface area contributed by atoms with Gasteiger partial charge in [0.1, 0.15) is 10.1 Å². The van der Waals surface area contributed by atoms with Gasteiger partial charge in [0.25, 0.3) is 5.56 Å². The van der Waals surface area contributed by atoms with Crippen molar-refractivity contribution in [2.75, 3.05) is 0 Å². The highest BCUT2D eigenvalue weighted by molar-refractivity contribution is 8.02. The smallest absolute Gasteiger partial charge is 0.266 e. The van der Waals surface area contributed by atoms with Crippen LogP contribution in [0, 0.1) is 0 Å². The van der Waals surface area contributed by atoms with Crippen LogP contribution in [0.5, 0.6) is 0 Å².